The predicted molar refractivity (Wildman–Crippen MR) is 124 cm³/mol. The molecule has 0 bridgehead atoms. The smallest absolute Gasteiger partial charge is 0.250 e. The summed E-state index contributed by atoms with van der Waals surface area (Å²) >= 11 is 1.26. The van der Waals surface area contributed by atoms with E-state index in [1.165, 1.54) is 11.8 Å². The maximum atomic E-state index is 12.1. The zero-order valence-corrected chi connectivity index (χ0v) is 18.8. The minimum Gasteiger partial charge on any atom is -0.490 e. The van der Waals surface area contributed by atoms with Gasteiger partial charge >= 0.3 is 0 Å². The van der Waals surface area contributed by atoms with Gasteiger partial charge in [-0.25, -0.2) is 15.4 Å². The molecule has 8 heteroatoms. The number of terminal acetylenes is 1. The zero-order chi connectivity index (χ0) is 22.6. The van der Waals surface area contributed by atoms with Crippen LogP contribution in [0.2, 0.25) is 0 Å². The Morgan fingerprint density at radius 2 is 2.03 bits per heavy atom. The van der Waals surface area contributed by atoms with Crippen molar-refractivity contribution >= 4 is 23.9 Å². The first-order valence-corrected chi connectivity index (χ1v) is 10.7. The minimum atomic E-state index is -0.255. The van der Waals surface area contributed by atoms with E-state index in [2.05, 4.69) is 33.0 Å². The second kappa shape index (κ2) is 12.4. The van der Waals surface area contributed by atoms with Crippen molar-refractivity contribution in [3.63, 3.8) is 0 Å². The number of nitrogens with one attached hydrogen (secondary N) is 1. The number of nitrogens with zero attached hydrogens (tertiary/aromatic N) is 3. The molecule has 0 aliphatic heterocycles. The molecule has 0 saturated carbocycles. The van der Waals surface area contributed by atoms with E-state index in [9.17, 15) is 4.79 Å². The molecule has 0 saturated heterocycles. The van der Waals surface area contributed by atoms with Crippen molar-refractivity contribution in [2.24, 2.45) is 5.10 Å². The van der Waals surface area contributed by atoms with E-state index in [0.717, 1.165) is 22.5 Å². The Labute approximate surface area is 187 Å². The standard InChI is InChI=1S/C23H26N4O3S/c1-6-9-19-12-18(13-20(29-8-3)22(19)30-10-7-2)14-24-27-21(28)15-31-23-25-16(4)11-17(5)26-23/h2,6,11-14H,1,8-10,15H2,3-5H3,(H,27,28)/b24-14-. The van der Waals surface area contributed by atoms with Crippen molar-refractivity contribution in [3.05, 3.63) is 53.4 Å². The fraction of sp³-hybridized carbons (Fsp3) is 0.304. The normalized spacial score (nSPS) is 10.5. The highest BCUT2D eigenvalue weighted by molar-refractivity contribution is 7.99. The Kier molecular flexibility index (Phi) is 9.59. The van der Waals surface area contributed by atoms with Crippen LogP contribution in [0.15, 0.2) is 41.1 Å². The largest absolute Gasteiger partial charge is 0.490 e. The van der Waals surface area contributed by atoms with E-state index >= 15 is 0 Å². The molecule has 31 heavy (non-hydrogen) atoms. The second-order valence-electron chi connectivity index (χ2n) is 6.44. The van der Waals surface area contributed by atoms with E-state index in [1.54, 1.807) is 18.4 Å². The highest BCUT2D eigenvalue weighted by Gasteiger charge is 2.13. The van der Waals surface area contributed by atoms with Crippen LogP contribution in [0.1, 0.15) is 29.4 Å². The summed E-state index contributed by atoms with van der Waals surface area (Å²) in [7, 11) is 0. The summed E-state index contributed by atoms with van der Waals surface area (Å²) in [6, 6.07) is 5.56. The summed E-state index contributed by atoms with van der Waals surface area (Å²) < 4.78 is 11.4. The van der Waals surface area contributed by atoms with Gasteiger partial charge in [0.1, 0.15) is 6.61 Å². The van der Waals surface area contributed by atoms with Crippen LogP contribution in [-0.2, 0) is 11.2 Å². The van der Waals surface area contributed by atoms with Crippen molar-refractivity contribution in [2.45, 2.75) is 32.3 Å². The summed E-state index contributed by atoms with van der Waals surface area (Å²) in [6.45, 7) is 10.1. The maximum absolute atomic E-state index is 12.1. The molecule has 1 N–H and O–H groups in total. The van der Waals surface area contributed by atoms with Crippen molar-refractivity contribution in [2.75, 3.05) is 19.0 Å². The average Bonchev–Trinajstić information content (AvgIpc) is 2.71. The quantitative estimate of drug-likeness (QED) is 0.144. The van der Waals surface area contributed by atoms with Crippen molar-refractivity contribution in [1.29, 1.82) is 0 Å². The molecule has 0 aliphatic carbocycles. The summed E-state index contributed by atoms with van der Waals surface area (Å²) in [4.78, 5) is 20.7. The van der Waals surface area contributed by atoms with Crippen molar-refractivity contribution < 1.29 is 14.3 Å². The Hall–Kier alpha value is -3.31. The van der Waals surface area contributed by atoms with Crippen LogP contribution < -0.4 is 14.9 Å². The van der Waals surface area contributed by atoms with Gasteiger partial charge in [-0.2, -0.15) is 5.10 Å². The van der Waals surface area contributed by atoms with Gasteiger partial charge < -0.3 is 9.47 Å². The van der Waals surface area contributed by atoms with Crippen molar-refractivity contribution in [3.8, 4) is 23.8 Å². The first-order chi connectivity index (χ1) is 15.0. The molecule has 1 aromatic carbocycles. The van der Waals surface area contributed by atoms with E-state index < -0.39 is 0 Å². The molecule has 2 rings (SSSR count). The Bertz CT molecular complexity index is 979. The number of hydrazone groups is 1. The molecule has 0 aliphatic rings. The molecule has 1 amide bonds. The van der Waals surface area contributed by atoms with Gasteiger partial charge in [0.2, 0.25) is 0 Å². The number of aromatic nitrogens is 2. The molecule has 0 fully saturated rings. The minimum absolute atomic E-state index is 0.134. The van der Waals surface area contributed by atoms with Gasteiger partial charge in [0, 0.05) is 17.0 Å². The first kappa shape index (κ1) is 24.0. The molecule has 7 nitrogen and oxygen atoms in total. The van der Waals surface area contributed by atoms with Gasteiger partial charge in [-0.1, -0.05) is 23.8 Å². The van der Waals surface area contributed by atoms with Crippen LogP contribution in [0, 0.1) is 26.2 Å². The molecule has 0 atom stereocenters. The lowest BCUT2D eigenvalue weighted by Gasteiger charge is -2.15. The van der Waals surface area contributed by atoms with Crippen LogP contribution >= 0.6 is 11.8 Å². The Balaban J connectivity index is 2.07. The number of rotatable bonds is 11. The summed E-state index contributed by atoms with van der Waals surface area (Å²) in [5.74, 6) is 3.51. The second-order valence-corrected chi connectivity index (χ2v) is 7.38. The van der Waals surface area contributed by atoms with Crippen molar-refractivity contribution in [1.82, 2.24) is 15.4 Å². The van der Waals surface area contributed by atoms with Crippen LogP contribution in [0.25, 0.3) is 0 Å². The third-order valence-corrected chi connectivity index (χ3v) is 4.66. The number of benzene rings is 1. The van der Waals surface area contributed by atoms with Crippen LogP contribution in [0.4, 0.5) is 0 Å². The molecule has 1 heterocycles. The molecule has 2 aromatic rings. The number of amides is 1. The number of carbonyl (C=O) groups is 1. The number of thioether (sulfide) groups is 1. The zero-order valence-electron chi connectivity index (χ0n) is 18.0. The third-order valence-electron chi connectivity index (χ3n) is 3.82. The van der Waals surface area contributed by atoms with Gasteiger partial charge in [0.15, 0.2) is 16.7 Å². The summed E-state index contributed by atoms with van der Waals surface area (Å²) in [6.07, 6.45) is 9.21. The lowest BCUT2D eigenvalue weighted by Crippen LogP contribution is -2.19. The van der Waals surface area contributed by atoms with Gasteiger partial charge in [-0.15, -0.1) is 13.0 Å². The Morgan fingerprint density at radius 1 is 1.29 bits per heavy atom. The highest BCUT2D eigenvalue weighted by Crippen LogP contribution is 2.33. The molecule has 1 aromatic heterocycles. The number of allylic oxidation sites excluding steroid dienone is 1. The Morgan fingerprint density at radius 3 is 2.68 bits per heavy atom. The van der Waals surface area contributed by atoms with E-state index in [4.69, 9.17) is 15.9 Å². The summed E-state index contributed by atoms with van der Waals surface area (Å²) in [5.41, 5.74) is 5.86. The van der Waals surface area contributed by atoms with E-state index in [-0.39, 0.29) is 18.3 Å². The van der Waals surface area contributed by atoms with Gasteiger partial charge in [-0.05, 0) is 51.0 Å². The van der Waals surface area contributed by atoms with Gasteiger partial charge in [0.05, 0.1) is 18.6 Å². The molecule has 162 valence electrons. The number of hydrogen-bond donors (Lipinski definition) is 1. The monoisotopic (exact) mass is 438 g/mol. The van der Waals surface area contributed by atoms with E-state index in [1.807, 2.05) is 32.9 Å². The fourth-order valence-corrected chi connectivity index (χ4v) is 3.45. The number of hydrogen-bond acceptors (Lipinski definition) is 7. The molecular formula is C23H26N4O3S. The first-order valence-electron chi connectivity index (χ1n) is 9.70. The molecular weight excluding hydrogens is 412 g/mol. The van der Waals surface area contributed by atoms with E-state index in [0.29, 0.717) is 29.7 Å². The highest BCUT2D eigenvalue weighted by atomic mass is 32.2. The topological polar surface area (TPSA) is 85.7 Å². The molecule has 0 radical (unpaired) electrons. The number of carbonyl (C=O) groups excluding carboxylic acids is 1. The average molecular weight is 439 g/mol. The summed E-state index contributed by atoms with van der Waals surface area (Å²) in [5, 5.41) is 4.61. The molecule has 0 unspecified atom stereocenters. The number of aryl methyl sites for hydroxylation is 2. The van der Waals surface area contributed by atoms with Crippen LogP contribution in [0.5, 0.6) is 11.5 Å². The molecule has 0 spiro atoms. The van der Waals surface area contributed by atoms with Gasteiger partial charge in [0.25, 0.3) is 5.91 Å². The van der Waals surface area contributed by atoms with Crippen LogP contribution in [-0.4, -0.2) is 41.1 Å². The predicted octanol–water partition coefficient (Wildman–Crippen LogP) is 3.48. The maximum Gasteiger partial charge on any atom is 0.250 e. The number of ether oxygens (including phenoxy) is 2. The lowest BCUT2D eigenvalue weighted by atomic mass is 10.1. The van der Waals surface area contributed by atoms with Crippen LogP contribution in [0.3, 0.4) is 0 Å². The van der Waals surface area contributed by atoms with Gasteiger partial charge in [-0.3, -0.25) is 4.79 Å². The lowest BCUT2D eigenvalue weighted by molar-refractivity contribution is -0.118. The SMILES string of the molecule is C#CCOc1c(CC=C)cc(/C=N\NC(=O)CSc2nc(C)cc(C)n2)cc1OCC. The fourth-order valence-electron chi connectivity index (χ4n) is 2.70. The third kappa shape index (κ3) is 7.79.